The molecule has 0 amide bonds. The van der Waals surface area contributed by atoms with E-state index in [1.807, 2.05) is 18.2 Å². The molecule has 3 aromatic rings. The zero-order chi connectivity index (χ0) is 13.9. The fraction of sp³-hybridized carbons (Fsp3) is 0.0714. The van der Waals surface area contributed by atoms with Crippen molar-refractivity contribution >= 4 is 56.1 Å². The molecule has 20 heavy (non-hydrogen) atoms. The third-order valence-electron chi connectivity index (χ3n) is 2.67. The van der Waals surface area contributed by atoms with E-state index in [2.05, 4.69) is 43.1 Å². The van der Waals surface area contributed by atoms with Gasteiger partial charge in [0.2, 0.25) is 0 Å². The van der Waals surface area contributed by atoms with Crippen LogP contribution in [0.1, 0.15) is 5.69 Å². The minimum absolute atomic E-state index is 0.803. The summed E-state index contributed by atoms with van der Waals surface area (Å²) in [5.74, 6) is 0.840. The van der Waals surface area contributed by atoms with Crippen molar-refractivity contribution in [2.75, 3.05) is 5.73 Å². The first kappa shape index (κ1) is 14.1. The fourth-order valence-electron chi connectivity index (χ4n) is 1.69. The highest BCUT2D eigenvalue weighted by Gasteiger charge is 2.07. The van der Waals surface area contributed by atoms with Gasteiger partial charge in [-0.1, -0.05) is 15.9 Å². The molecule has 0 aliphatic carbocycles. The van der Waals surface area contributed by atoms with E-state index in [4.69, 9.17) is 5.73 Å². The lowest BCUT2D eigenvalue weighted by Crippen LogP contribution is -1.89. The molecule has 102 valence electrons. The van der Waals surface area contributed by atoms with Gasteiger partial charge in [0.15, 0.2) is 0 Å². The Labute approximate surface area is 138 Å². The summed E-state index contributed by atoms with van der Waals surface area (Å²) in [4.78, 5) is 5.76. The van der Waals surface area contributed by atoms with Crippen molar-refractivity contribution in [3.8, 4) is 10.6 Å². The van der Waals surface area contributed by atoms with Crippen molar-refractivity contribution in [3.05, 3.63) is 50.6 Å². The number of nitrogen functional groups attached to an aromatic ring is 1. The summed E-state index contributed by atoms with van der Waals surface area (Å²) in [5.41, 5.74) is 9.11. The summed E-state index contributed by atoms with van der Waals surface area (Å²) in [6, 6.07) is 8.08. The van der Waals surface area contributed by atoms with Crippen LogP contribution in [0, 0.1) is 0 Å². The first-order chi connectivity index (χ1) is 9.72. The van der Waals surface area contributed by atoms with Gasteiger partial charge in [0.05, 0.1) is 5.69 Å². The predicted molar refractivity (Wildman–Crippen MR) is 93.5 cm³/mol. The van der Waals surface area contributed by atoms with Crippen LogP contribution in [0.4, 0.5) is 5.69 Å². The van der Waals surface area contributed by atoms with E-state index in [-0.39, 0.29) is 0 Å². The average Bonchev–Trinajstić information content (AvgIpc) is 3.08. The number of benzene rings is 1. The van der Waals surface area contributed by atoms with Gasteiger partial charge in [-0.25, -0.2) is 4.98 Å². The number of hydrogen-bond acceptors (Lipinski definition) is 5. The number of hydrogen-bond donors (Lipinski definition) is 1. The molecule has 0 unspecified atom stereocenters. The van der Waals surface area contributed by atoms with Gasteiger partial charge in [-0.3, -0.25) is 0 Å². The molecule has 2 heterocycles. The number of anilines is 1. The molecular formula is C14H11BrN2S3. The molecule has 1 aromatic carbocycles. The van der Waals surface area contributed by atoms with E-state index >= 15 is 0 Å². The largest absolute Gasteiger partial charge is 0.398 e. The second-order valence-corrected chi connectivity index (χ2v) is 7.70. The Morgan fingerprint density at radius 3 is 2.90 bits per heavy atom. The van der Waals surface area contributed by atoms with Gasteiger partial charge in [0.1, 0.15) is 5.01 Å². The molecule has 0 fully saturated rings. The molecule has 0 saturated carbocycles. The van der Waals surface area contributed by atoms with Gasteiger partial charge in [0, 0.05) is 37.1 Å². The molecule has 0 radical (unpaired) electrons. The standard InChI is InChI=1S/C14H11BrN2S3/c15-10-1-2-13(12(16)5-10)19-7-11-8-20-14(17-11)9-3-4-18-6-9/h1-6,8H,7,16H2. The van der Waals surface area contributed by atoms with E-state index < -0.39 is 0 Å². The third-order valence-corrected chi connectivity index (χ3v) is 5.91. The summed E-state index contributed by atoms with van der Waals surface area (Å²) in [7, 11) is 0. The van der Waals surface area contributed by atoms with Crippen LogP contribution in [0.2, 0.25) is 0 Å². The highest BCUT2D eigenvalue weighted by Crippen LogP contribution is 2.32. The molecule has 2 aromatic heterocycles. The first-order valence-corrected chi connectivity index (χ1v) is 9.47. The lowest BCUT2D eigenvalue weighted by molar-refractivity contribution is 1.23. The van der Waals surface area contributed by atoms with Gasteiger partial charge in [-0.2, -0.15) is 11.3 Å². The fourth-order valence-corrected chi connectivity index (χ4v) is 4.55. The lowest BCUT2D eigenvalue weighted by atomic mass is 10.3. The minimum Gasteiger partial charge on any atom is -0.398 e. The maximum atomic E-state index is 6.00. The van der Waals surface area contributed by atoms with Gasteiger partial charge < -0.3 is 5.73 Å². The average molecular weight is 383 g/mol. The van der Waals surface area contributed by atoms with Gasteiger partial charge >= 0.3 is 0 Å². The Balaban J connectivity index is 1.70. The lowest BCUT2D eigenvalue weighted by Gasteiger charge is -2.04. The van der Waals surface area contributed by atoms with Crippen LogP contribution < -0.4 is 5.73 Å². The molecule has 3 rings (SSSR count). The highest BCUT2D eigenvalue weighted by atomic mass is 79.9. The third kappa shape index (κ3) is 3.25. The van der Waals surface area contributed by atoms with Crippen LogP contribution >= 0.6 is 50.4 Å². The zero-order valence-electron chi connectivity index (χ0n) is 10.4. The van der Waals surface area contributed by atoms with Crippen LogP contribution in [0.15, 0.2) is 49.8 Å². The summed E-state index contributed by atoms with van der Waals surface area (Å²) >= 11 is 8.53. The molecule has 0 spiro atoms. The van der Waals surface area contributed by atoms with Crippen molar-refractivity contribution in [2.45, 2.75) is 10.6 Å². The molecule has 6 heteroatoms. The van der Waals surface area contributed by atoms with Gasteiger partial charge in [-0.15, -0.1) is 23.1 Å². The zero-order valence-corrected chi connectivity index (χ0v) is 14.4. The molecule has 2 nitrogen and oxygen atoms in total. The molecule has 0 atom stereocenters. The van der Waals surface area contributed by atoms with Crippen LogP contribution in [0.3, 0.4) is 0 Å². The topological polar surface area (TPSA) is 38.9 Å². The number of thioether (sulfide) groups is 1. The summed E-state index contributed by atoms with van der Waals surface area (Å²) in [6.07, 6.45) is 0. The smallest absolute Gasteiger partial charge is 0.124 e. The molecule has 0 saturated heterocycles. The number of halogens is 1. The molecule has 2 N–H and O–H groups in total. The minimum atomic E-state index is 0.803. The monoisotopic (exact) mass is 382 g/mol. The van der Waals surface area contributed by atoms with Crippen LogP contribution in [0.25, 0.3) is 10.6 Å². The Kier molecular flexibility index (Phi) is 4.45. The number of nitrogens with zero attached hydrogens (tertiary/aromatic N) is 1. The second-order valence-electron chi connectivity index (χ2n) is 4.13. The molecule has 0 aliphatic rings. The Hall–Kier alpha value is -0.820. The van der Waals surface area contributed by atoms with Crippen molar-refractivity contribution in [2.24, 2.45) is 0 Å². The van der Waals surface area contributed by atoms with Crippen LogP contribution in [0.5, 0.6) is 0 Å². The van der Waals surface area contributed by atoms with Gasteiger partial charge in [-0.05, 0) is 29.6 Å². The first-order valence-electron chi connectivity index (χ1n) is 5.87. The summed E-state index contributed by atoms with van der Waals surface area (Å²) in [5, 5.41) is 7.41. The van der Waals surface area contributed by atoms with Crippen molar-refractivity contribution < 1.29 is 0 Å². The molecule has 0 aliphatic heterocycles. The van der Waals surface area contributed by atoms with E-state index in [0.29, 0.717) is 0 Å². The van der Waals surface area contributed by atoms with Crippen molar-refractivity contribution in [3.63, 3.8) is 0 Å². The van der Waals surface area contributed by atoms with E-state index in [9.17, 15) is 0 Å². The molecular weight excluding hydrogens is 372 g/mol. The van der Waals surface area contributed by atoms with E-state index in [1.165, 1.54) is 5.56 Å². The number of rotatable bonds is 4. The highest BCUT2D eigenvalue weighted by molar-refractivity contribution is 9.10. The quantitative estimate of drug-likeness (QED) is 0.477. The maximum Gasteiger partial charge on any atom is 0.124 e. The number of nitrogens with two attached hydrogens (primary N) is 1. The predicted octanol–water partition coefficient (Wildman–Crippen LogP) is 5.51. The summed E-state index contributed by atoms with van der Waals surface area (Å²) < 4.78 is 1.01. The Bertz CT molecular complexity index is 707. The SMILES string of the molecule is Nc1cc(Br)ccc1SCc1csc(-c2ccsc2)n1. The number of thiophene rings is 1. The van der Waals surface area contributed by atoms with Crippen LogP contribution in [-0.2, 0) is 5.75 Å². The van der Waals surface area contributed by atoms with Crippen molar-refractivity contribution in [1.29, 1.82) is 0 Å². The normalized spacial score (nSPS) is 10.8. The second kappa shape index (κ2) is 6.30. The number of thiazole rings is 1. The molecule has 0 bridgehead atoms. The van der Waals surface area contributed by atoms with E-state index in [0.717, 1.165) is 31.5 Å². The Morgan fingerprint density at radius 1 is 1.25 bits per heavy atom. The van der Waals surface area contributed by atoms with E-state index in [1.54, 1.807) is 34.4 Å². The number of aromatic nitrogens is 1. The van der Waals surface area contributed by atoms with Crippen LogP contribution in [-0.4, -0.2) is 4.98 Å². The Morgan fingerprint density at radius 2 is 2.15 bits per heavy atom. The van der Waals surface area contributed by atoms with Crippen molar-refractivity contribution in [1.82, 2.24) is 4.98 Å². The summed E-state index contributed by atoms with van der Waals surface area (Å²) in [6.45, 7) is 0. The maximum absolute atomic E-state index is 6.00. The van der Waals surface area contributed by atoms with Gasteiger partial charge in [0.25, 0.3) is 0 Å².